The number of halogens is 1. The van der Waals surface area contributed by atoms with Crippen LogP contribution in [0.4, 0.5) is 0 Å². The highest BCUT2D eigenvalue weighted by atomic mass is 79.9. The Bertz CT molecular complexity index is 482. The molecule has 0 aliphatic rings. The van der Waals surface area contributed by atoms with Crippen LogP contribution in [0.3, 0.4) is 0 Å². The summed E-state index contributed by atoms with van der Waals surface area (Å²) in [4.78, 5) is 1.22. The normalized spacial score (nSPS) is 12.4. The van der Waals surface area contributed by atoms with Gasteiger partial charge in [0.1, 0.15) is 12.4 Å². The van der Waals surface area contributed by atoms with Gasteiger partial charge in [-0.25, -0.2) is 0 Å². The Morgan fingerprint density at radius 1 is 1.41 bits per heavy atom. The molecule has 1 heterocycles. The first-order chi connectivity index (χ1) is 8.16. The van der Waals surface area contributed by atoms with Gasteiger partial charge in [-0.05, 0) is 52.0 Å². The summed E-state index contributed by atoms with van der Waals surface area (Å²) in [6.07, 6.45) is 0. The Morgan fingerprint density at radius 2 is 2.24 bits per heavy atom. The van der Waals surface area contributed by atoms with E-state index in [2.05, 4.69) is 22.0 Å². The molecule has 90 valence electrons. The summed E-state index contributed by atoms with van der Waals surface area (Å²) in [7, 11) is 0. The van der Waals surface area contributed by atoms with Gasteiger partial charge in [0.05, 0.1) is 4.47 Å². The first-order valence-electron chi connectivity index (χ1n) is 5.37. The van der Waals surface area contributed by atoms with Gasteiger partial charge in [-0.1, -0.05) is 12.1 Å². The van der Waals surface area contributed by atoms with Crippen LogP contribution in [0.1, 0.15) is 23.4 Å². The average Bonchev–Trinajstić information content (AvgIpc) is 2.80. The maximum atomic E-state index is 5.82. The topological polar surface area (TPSA) is 35.2 Å². The van der Waals surface area contributed by atoms with E-state index in [1.807, 2.05) is 36.6 Å². The van der Waals surface area contributed by atoms with Crippen LogP contribution in [-0.4, -0.2) is 0 Å². The second-order valence-corrected chi connectivity index (χ2v) is 5.73. The van der Waals surface area contributed by atoms with Crippen LogP contribution >= 0.6 is 27.3 Å². The zero-order valence-electron chi connectivity index (χ0n) is 9.52. The smallest absolute Gasteiger partial charge is 0.134 e. The molecule has 2 rings (SSSR count). The molecule has 0 unspecified atom stereocenters. The van der Waals surface area contributed by atoms with Gasteiger partial charge >= 0.3 is 0 Å². The number of thiophene rings is 1. The third-order valence-corrected chi connectivity index (χ3v) is 3.90. The van der Waals surface area contributed by atoms with E-state index in [4.69, 9.17) is 10.5 Å². The maximum absolute atomic E-state index is 5.82. The Balaban J connectivity index is 2.06. The maximum Gasteiger partial charge on any atom is 0.134 e. The lowest BCUT2D eigenvalue weighted by atomic mass is 10.1. The summed E-state index contributed by atoms with van der Waals surface area (Å²) >= 11 is 5.20. The highest BCUT2D eigenvalue weighted by Gasteiger charge is 2.06. The van der Waals surface area contributed by atoms with Crippen molar-refractivity contribution in [1.29, 1.82) is 0 Å². The van der Waals surface area contributed by atoms with Gasteiger partial charge in [-0.3, -0.25) is 0 Å². The molecule has 1 aromatic carbocycles. The molecule has 0 spiro atoms. The number of benzene rings is 1. The number of hydrogen-bond donors (Lipinski definition) is 1. The second-order valence-electron chi connectivity index (χ2n) is 3.85. The zero-order chi connectivity index (χ0) is 12.3. The van der Waals surface area contributed by atoms with Gasteiger partial charge in [0.15, 0.2) is 0 Å². The standard InChI is InChI=1S/C13H14BrNOS/c1-9(15)10-4-5-13(12(14)7-10)16-8-11-3-2-6-17-11/h2-7,9H,8,15H2,1H3/t9-/m0/s1. The summed E-state index contributed by atoms with van der Waals surface area (Å²) in [5, 5.41) is 2.05. The van der Waals surface area contributed by atoms with E-state index in [-0.39, 0.29) is 6.04 Å². The van der Waals surface area contributed by atoms with E-state index >= 15 is 0 Å². The molecular weight excluding hydrogens is 298 g/mol. The van der Waals surface area contributed by atoms with Crippen LogP contribution < -0.4 is 10.5 Å². The first kappa shape index (κ1) is 12.6. The van der Waals surface area contributed by atoms with Crippen LogP contribution in [0, 0.1) is 0 Å². The van der Waals surface area contributed by atoms with E-state index in [0.717, 1.165) is 15.8 Å². The van der Waals surface area contributed by atoms with Crippen molar-refractivity contribution in [2.45, 2.75) is 19.6 Å². The van der Waals surface area contributed by atoms with Crippen LogP contribution in [0.2, 0.25) is 0 Å². The molecular formula is C13H14BrNOS. The number of rotatable bonds is 4. The summed E-state index contributed by atoms with van der Waals surface area (Å²) in [6, 6.07) is 10.1. The van der Waals surface area contributed by atoms with Crippen molar-refractivity contribution in [3.05, 3.63) is 50.6 Å². The molecule has 17 heavy (non-hydrogen) atoms. The Kier molecular flexibility index (Phi) is 4.20. The minimum absolute atomic E-state index is 0.0395. The van der Waals surface area contributed by atoms with Gasteiger partial charge in [0, 0.05) is 10.9 Å². The lowest BCUT2D eigenvalue weighted by molar-refractivity contribution is 0.307. The molecule has 4 heteroatoms. The average molecular weight is 312 g/mol. The van der Waals surface area contributed by atoms with Crippen molar-refractivity contribution in [2.24, 2.45) is 5.73 Å². The van der Waals surface area contributed by atoms with Crippen LogP contribution in [0.15, 0.2) is 40.2 Å². The lowest BCUT2D eigenvalue weighted by Crippen LogP contribution is -2.05. The molecule has 2 N–H and O–H groups in total. The molecule has 0 bridgehead atoms. The molecule has 0 amide bonds. The summed E-state index contributed by atoms with van der Waals surface area (Å²) < 4.78 is 6.69. The fraction of sp³-hybridized carbons (Fsp3) is 0.231. The van der Waals surface area contributed by atoms with Crippen molar-refractivity contribution in [3.63, 3.8) is 0 Å². The van der Waals surface area contributed by atoms with E-state index in [0.29, 0.717) is 6.61 Å². The highest BCUT2D eigenvalue weighted by molar-refractivity contribution is 9.10. The van der Waals surface area contributed by atoms with Gasteiger partial charge in [-0.15, -0.1) is 11.3 Å². The predicted molar refractivity (Wildman–Crippen MR) is 75.4 cm³/mol. The number of ether oxygens (including phenoxy) is 1. The van der Waals surface area contributed by atoms with E-state index < -0.39 is 0 Å². The predicted octanol–water partition coefficient (Wildman–Crippen LogP) is 4.11. The molecule has 0 saturated heterocycles. The van der Waals surface area contributed by atoms with Crippen molar-refractivity contribution < 1.29 is 4.74 Å². The zero-order valence-corrected chi connectivity index (χ0v) is 11.9. The van der Waals surface area contributed by atoms with Crippen molar-refractivity contribution in [2.75, 3.05) is 0 Å². The quantitative estimate of drug-likeness (QED) is 0.922. The van der Waals surface area contributed by atoms with E-state index in [9.17, 15) is 0 Å². The second kappa shape index (κ2) is 5.67. The molecule has 0 aliphatic heterocycles. The fourth-order valence-corrected chi connectivity index (χ4v) is 2.59. The van der Waals surface area contributed by atoms with Crippen molar-refractivity contribution >= 4 is 27.3 Å². The van der Waals surface area contributed by atoms with Gasteiger partial charge < -0.3 is 10.5 Å². The minimum Gasteiger partial charge on any atom is -0.487 e. The number of hydrogen-bond acceptors (Lipinski definition) is 3. The fourth-order valence-electron chi connectivity index (χ4n) is 1.46. The van der Waals surface area contributed by atoms with Crippen LogP contribution in [-0.2, 0) is 6.61 Å². The molecule has 1 aromatic heterocycles. The third-order valence-electron chi connectivity index (χ3n) is 2.43. The first-order valence-corrected chi connectivity index (χ1v) is 7.04. The summed E-state index contributed by atoms with van der Waals surface area (Å²) in [5.41, 5.74) is 6.92. The molecule has 2 nitrogen and oxygen atoms in total. The summed E-state index contributed by atoms with van der Waals surface area (Å²) in [6.45, 7) is 2.57. The molecule has 0 aliphatic carbocycles. The Morgan fingerprint density at radius 3 is 2.82 bits per heavy atom. The Labute approximate surface area is 114 Å². The molecule has 0 saturated carbocycles. The van der Waals surface area contributed by atoms with Gasteiger partial charge in [0.25, 0.3) is 0 Å². The van der Waals surface area contributed by atoms with Crippen molar-refractivity contribution in [3.8, 4) is 5.75 Å². The molecule has 0 radical (unpaired) electrons. The molecule has 0 fully saturated rings. The van der Waals surface area contributed by atoms with Crippen molar-refractivity contribution in [1.82, 2.24) is 0 Å². The number of nitrogens with two attached hydrogens (primary N) is 1. The third kappa shape index (κ3) is 3.31. The van der Waals surface area contributed by atoms with Gasteiger partial charge in [0.2, 0.25) is 0 Å². The monoisotopic (exact) mass is 311 g/mol. The van der Waals surface area contributed by atoms with E-state index in [1.54, 1.807) is 11.3 Å². The Hall–Kier alpha value is -0.840. The highest BCUT2D eigenvalue weighted by Crippen LogP contribution is 2.28. The molecule has 1 atom stereocenters. The van der Waals surface area contributed by atoms with Gasteiger partial charge in [-0.2, -0.15) is 0 Å². The lowest BCUT2D eigenvalue weighted by Gasteiger charge is -2.10. The largest absolute Gasteiger partial charge is 0.487 e. The SMILES string of the molecule is C[C@H](N)c1ccc(OCc2cccs2)c(Br)c1. The van der Waals surface area contributed by atoms with E-state index in [1.165, 1.54) is 4.88 Å². The van der Waals surface area contributed by atoms with Crippen LogP contribution in [0.5, 0.6) is 5.75 Å². The summed E-state index contributed by atoms with van der Waals surface area (Å²) in [5.74, 6) is 0.850. The van der Waals surface area contributed by atoms with Crippen LogP contribution in [0.25, 0.3) is 0 Å². The molecule has 2 aromatic rings. The minimum atomic E-state index is 0.0395.